The van der Waals surface area contributed by atoms with E-state index in [0.29, 0.717) is 35.2 Å². The number of nitrogens with one attached hydrogen (secondary N) is 1. The van der Waals surface area contributed by atoms with E-state index in [4.69, 9.17) is 20.8 Å². The molecule has 2 heterocycles. The van der Waals surface area contributed by atoms with Gasteiger partial charge in [0.1, 0.15) is 28.2 Å². The number of rotatable bonds is 8. The Balaban J connectivity index is 1.67. The van der Waals surface area contributed by atoms with Gasteiger partial charge in [-0.3, -0.25) is 14.5 Å². The quantitative estimate of drug-likeness (QED) is 0.337. The summed E-state index contributed by atoms with van der Waals surface area (Å²) in [5.74, 6) is 0.424. The maximum atomic E-state index is 13.5. The van der Waals surface area contributed by atoms with Gasteiger partial charge in [0.05, 0.1) is 24.7 Å². The van der Waals surface area contributed by atoms with E-state index in [-0.39, 0.29) is 23.1 Å². The lowest BCUT2D eigenvalue weighted by atomic mass is 10.1. The van der Waals surface area contributed by atoms with Crippen LogP contribution in [0.4, 0.5) is 5.69 Å². The van der Waals surface area contributed by atoms with Gasteiger partial charge in [-0.05, 0) is 67.4 Å². The van der Waals surface area contributed by atoms with Crippen LogP contribution in [-0.2, 0) is 22.6 Å². The van der Waals surface area contributed by atoms with Gasteiger partial charge in [0.15, 0.2) is 0 Å². The van der Waals surface area contributed by atoms with Crippen molar-refractivity contribution in [1.82, 2.24) is 5.32 Å². The van der Waals surface area contributed by atoms with Gasteiger partial charge in [-0.15, -0.1) is 0 Å². The first kappa shape index (κ1) is 24.5. The maximum Gasteiger partial charge on any atom is 0.265 e. The molecule has 4 rings (SSSR count). The van der Waals surface area contributed by atoms with Crippen LogP contribution in [0, 0.1) is 11.3 Å². The number of halogens is 1. The van der Waals surface area contributed by atoms with Gasteiger partial charge in [-0.25, -0.2) is 0 Å². The summed E-state index contributed by atoms with van der Waals surface area (Å²) >= 11 is 7.20. The highest BCUT2D eigenvalue weighted by molar-refractivity contribution is 8.05. The van der Waals surface area contributed by atoms with Gasteiger partial charge < -0.3 is 14.5 Å². The van der Waals surface area contributed by atoms with E-state index in [1.165, 1.54) is 22.9 Å². The zero-order valence-corrected chi connectivity index (χ0v) is 20.4. The lowest BCUT2D eigenvalue weighted by molar-refractivity contribution is -0.117. The van der Waals surface area contributed by atoms with Crippen LogP contribution in [0.15, 0.2) is 81.9 Å². The second-order valence-corrected chi connectivity index (χ2v) is 9.22. The second-order valence-electron chi connectivity index (χ2n) is 7.59. The largest absolute Gasteiger partial charge is 0.494 e. The molecule has 0 spiro atoms. The molecule has 35 heavy (non-hydrogen) atoms. The monoisotopic (exact) mass is 507 g/mol. The van der Waals surface area contributed by atoms with Gasteiger partial charge in [0, 0.05) is 10.7 Å². The lowest BCUT2D eigenvalue weighted by Crippen LogP contribution is -2.32. The van der Waals surface area contributed by atoms with E-state index in [1.807, 2.05) is 25.1 Å². The minimum Gasteiger partial charge on any atom is -0.494 e. The summed E-state index contributed by atoms with van der Waals surface area (Å²) < 4.78 is 10.8. The number of carbonyl (C=O) groups excluding carboxylic acids is 2. The highest BCUT2D eigenvalue weighted by Gasteiger charge is 2.40. The maximum absolute atomic E-state index is 13.5. The van der Waals surface area contributed by atoms with Crippen LogP contribution < -0.4 is 15.0 Å². The topological polar surface area (TPSA) is 95.6 Å². The molecule has 3 aromatic rings. The Bertz CT molecular complexity index is 1270. The number of thioether (sulfide) groups is 1. The Kier molecular flexibility index (Phi) is 7.80. The molecule has 1 aliphatic heterocycles. The van der Waals surface area contributed by atoms with Crippen LogP contribution >= 0.6 is 23.4 Å². The van der Waals surface area contributed by atoms with Crippen molar-refractivity contribution in [3.05, 3.63) is 93.9 Å². The van der Waals surface area contributed by atoms with Crippen LogP contribution in [0.2, 0.25) is 5.02 Å². The van der Waals surface area contributed by atoms with Crippen molar-refractivity contribution < 1.29 is 18.7 Å². The van der Waals surface area contributed by atoms with E-state index >= 15 is 0 Å². The minimum absolute atomic E-state index is 0.125. The number of carbonyl (C=O) groups is 2. The Morgan fingerprint density at radius 1 is 1.20 bits per heavy atom. The molecule has 1 aromatic heterocycles. The van der Waals surface area contributed by atoms with Crippen LogP contribution in [-0.4, -0.2) is 23.7 Å². The Labute approximate surface area is 212 Å². The van der Waals surface area contributed by atoms with Gasteiger partial charge in [0.2, 0.25) is 5.91 Å². The number of furan rings is 1. The molecule has 1 aliphatic rings. The number of anilines is 1. The Morgan fingerprint density at radius 3 is 2.57 bits per heavy atom. The summed E-state index contributed by atoms with van der Waals surface area (Å²) in [6.45, 7) is 2.53. The van der Waals surface area contributed by atoms with Crippen molar-refractivity contribution in [1.29, 1.82) is 5.26 Å². The zero-order chi connectivity index (χ0) is 24.8. The van der Waals surface area contributed by atoms with E-state index < -0.39 is 11.2 Å². The fourth-order valence-corrected chi connectivity index (χ4v) is 5.02. The fraction of sp³-hybridized carbons (Fsp3) is 0.192. The molecule has 1 saturated heterocycles. The third kappa shape index (κ3) is 5.70. The lowest BCUT2D eigenvalue weighted by Gasteiger charge is -2.19. The molecule has 7 nitrogen and oxygen atoms in total. The van der Waals surface area contributed by atoms with Crippen molar-refractivity contribution in [3.8, 4) is 11.8 Å². The average molecular weight is 508 g/mol. The molecule has 0 aliphatic carbocycles. The first-order valence-electron chi connectivity index (χ1n) is 10.9. The normalized spacial score (nSPS) is 16.7. The first-order valence-corrected chi connectivity index (χ1v) is 12.2. The number of ether oxygens (including phenoxy) is 1. The Hall–Kier alpha value is -3.67. The van der Waals surface area contributed by atoms with E-state index in [2.05, 4.69) is 5.32 Å². The molecular formula is C26H22ClN3O4S. The zero-order valence-electron chi connectivity index (χ0n) is 18.9. The number of hydrogen-bond acceptors (Lipinski definition) is 6. The van der Waals surface area contributed by atoms with E-state index in [9.17, 15) is 14.9 Å². The average Bonchev–Trinajstić information content (AvgIpc) is 3.49. The summed E-state index contributed by atoms with van der Waals surface area (Å²) in [7, 11) is 0. The third-order valence-electron chi connectivity index (χ3n) is 5.25. The number of nitriles is 1. The number of nitrogens with zero attached hydrogens (tertiary/aromatic N) is 2. The Morgan fingerprint density at radius 2 is 1.94 bits per heavy atom. The van der Waals surface area contributed by atoms with Crippen molar-refractivity contribution in [2.45, 2.75) is 25.1 Å². The molecule has 2 amide bonds. The molecule has 0 bridgehead atoms. The smallest absolute Gasteiger partial charge is 0.265 e. The van der Waals surface area contributed by atoms with Gasteiger partial charge in [0.25, 0.3) is 5.91 Å². The molecule has 0 saturated carbocycles. The molecular weight excluding hydrogens is 486 g/mol. The molecule has 9 heteroatoms. The van der Waals surface area contributed by atoms with Crippen molar-refractivity contribution in [2.24, 2.45) is 0 Å². The van der Waals surface area contributed by atoms with Crippen molar-refractivity contribution >= 4 is 40.9 Å². The summed E-state index contributed by atoms with van der Waals surface area (Å²) in [4.78, 5) is 27.9. The molecule has 2 aromatic carbocycles. The number of amides is 2. The molecule has 1 unspecified atom stereocenters. The summed E-state index contributed by atoms with van der Waals surface area (Å²) in [6.07, 6.45) is 1.93. The SMILES string of the molecule is CCOc1ccc(N2C(=O)C(Cc3ccc(Cl)cc3)S/C2=C(/C#N)C(=O)NCc2ccco2)cc1. The summed E-state index contributed by atoms with van der Waals surface area (Å²) in [5, 5.41) is 13.0. The molecule has 178 valence electrons. The molecule has 1 N–H and O–H groups in total. The fourth-order valence-electron chi connectivity index (χ4n) is 3.58. The van der Waals surface area contributed by atoms with Crippen LogP contribution in [0.5, 0.6) is 5.75 Å². The van der Waals surface area contributed by atoms with E-state index in [0.717, 1.165) is 5.56 Å². The van der Waals surface area contributed by atoms with Crippen LogP contribution in [0.25, 0.3) is 0 Å². The number of hydrogen-bond donors (Lipinski definition) is 1. The number of benzene rings is 2. The highest BCUT2D eigenvalue weighted by Crippen LogP contribution is 2.42. The van der Waals surface area contributed by atoms with E-state index in [1.54, 1.807) is 48.5 Å². The summed E-state index contributed by atoms with van der Waals surface area (Å²) in [6, 6.07) is 19.7. The minimum atomic E-state index is -0.581. The third-order valence-corrected chi connectivity index (χ3v) is 6.76. The second kappa shape index (κ2) is 11.2. The summed E-state index contributed by atoms with van der Waals surface area (Å²) in [5.41, 5.74) is 1.34. The van der Waals surface area contributed by atoms with Crippen molar-refractivity contribution in [3.63, 3.8) is 0 Å². The predicted octanol–water partition coefficient (Wildman–Crippen LogP) is 5.07. The molecule has 0 radical (unpaired) electrons. The van der Waals surface area contributed by atoms with Crippen LogP contribution in [0.3, 0.4) is 0 Å². The van der Waals surface area contributed by atoms with Crippen molar-refractivity contribution in [2.75, 3.05) is 11.5 Å². The van der Waals surface area contributed by atoms with Gasteiger partial charge >= 0.3 is 0 Å². The predicted molar refractivity (Wildman–Crippen MR) is 135 cm³/mol. The van der Waals surface area contributed by atoms with Gasteiger partial charge in [-0.2, -0.15) is 5.26 Å². The first-order chi connectivity index (χ1) is 17.0. The highest BCUT2D eigenvalue weighted by atomic mass is 35.5. The molecule has 1 atom stereocenters. The van der Waals surface area contributed by atoms with Crippen LogP contribution in [0.1, 0.15) is 18.2 Å². The van der Waals surface area contributed by atoms with Gasteiger partial charge in [-0.1, -0.05) is 35.5 Å². The molecule has 1 fully saturated rings. The standard InChI is InChI=1S/C26H22ClN3O4S/c1-2-33-20-11-9-19(10-12-20)30-25(32)23(14-17-5-7-18(27)8-6-17)35-26(30)22(15-28)24(31)29-16-21-4-3-13-34-21/h3-13,23H,2,14,16H2,1H3,(H,29,31)/b26-22-.